The maximum absolute atomic E-state index is 12.5. The standard InChI is InChI=1S/C24H29N3O3/c1-17-5-4-6-21(15-17)25-24(30)27-13-11-26(12-14-27)23(29)10-9-22(28)20-8-7-18(2)19(3)16-20/h4-8,15-16H,9-14H2,1-3H3,(H,25,30). The number of rotatable bonds is 5. The van der Waals surface area contributed by atoms with Crippen LogP contribution < -0.4 is 5.32 Å². The van der Waals surface area contributed by atoms with Crippen LogP contribution in [0.15, 0.2) is 42.5 Å². The first-order valence-corrected chi connectivity index (χ1v) is 10.3. The van der Waals surface area contributed by atoms with E-state index in [1.54, 1.807) is 9.80 Å². The Balaban J connectivity index is 1.45. The Hall–Kier alpha value is -3.15. The molecule has 0 radical (unpaired) electrons. The van der Waals surface area contributed by atoms with E-state index in [9.17, 15) is 14.4 Å². The Morgan fingerprint density at radius 1 is 0.833 bits per heavy atom. The minimum Gasteiger partial charge on any atom is -0.339 e. The molecule has 1 heterocycles. The molecule has 1 aliphatic heterocycles. The number of nitrogens with one attached hydrogen (secondary N) is 1. The molecule has 3 rings (SSSR count). The van der Waals surface area contributed by atoms with Gasteiger partial charge in [-0.1, -0.05) is 24.3 Å². The summed E-state index contributed by atoms with van der Waals surface area (Å²) in [4.78, 5) is 40.8. The Morgan fingerprint density at radius 3 is 2.20 bits per heavy atom. The number of amides is 3. The van der Waals surface area contributed by atoms with Crippen molar-refractivity contribution in [3.63, 3.8) is 0 Å². The molecule has 30 heavy (non-hydrogen) atoms. The lowest BCUT2D eigenvalue weighted by molar-refractivity contribution is -0.132. The number of benzene rings is 2. The lowest BCUT2D eigenvalue weighted by Gasteiger charge is -2.34. The lowest BCUT2D eigenvalue weighted by Crippen LogP contribution is -2.51. The lowest BCUT2D eigenvalue weighted by atomic mass is 10.0. The van der Waals surface area contributed by atoms with Crippen LogP contribution in [0.5, 0.6) is 0 Å². The number of anilines is 1. The van der Waals surface area contributed by atoms with Gasteiger partial charge in [0.05, 0.1) is 0 Å². The van der Waals surface area contributed by atoms with Crippen LogP contribution in [-0.2, 0) is 4.79 Å². The second-order valence-corrected chi connectivity index (χ2v) is 7.89. The zero-order chi connectivity index (χ0) is 21.7. The molecule has 1 aliphatic rings. The second-order valence-electron chi connectivity index (χ2n) is 7.89. The van der Waals surface area contributed by atoms with Crippen molar-refractivity contribution in [3.05, 3.63) is 64.7 Å². The van der Waals surface area contributed by atoms with E-state index in [1.165, 1.54) is 0 Å². The first kappa shape index (κ1) is 21.6. The molecular formula is C24H29N3O3. The summed E-state index contributed by atoms with van der Waals surface area (Å²) in [7, 11) is 0. The summed E-state index contributed by atoms with van der Waals surface area (Å²) in [5.41, 5.74) is 4.73. The van der Waals surface area contributed by atoms with Crippen molar-refractivity contribution >= 4 is 23.4 Å². The Labute approximate surface area is 177 Å². The largest absolute Gasteiger partial charge is 0.339 e. The minimum atomic E-state index is -0.155. The average Bonchev–Trinajstić information content (AvgIpc) is 2.73. The van der Waals surface area contributed by atoms with E-state index in [-0.39, 0.29) is 30.6 Å². The summed E-state index contributed by atoms with van der Waals surface area (Å²) < 4.78 is 0. The van der Waals surface area contributed by atoms with Gasteiger partial charge in [-0.25, -0.2) is 4.79 Å². The third kappa shape index (κ3) is 5.47. The molecule has 0 saturated carbocycles. The molecule has 0 aliphatic carbocycles. The number of aryl methyl sites for hydroxylation is 3. The highest BCUT2D eigenvalue weighted by atomic mass is 16.2. The van der Waals surface area contributed by atoms with Gasteiger partial charge in [-0.3, -0.25) is 9.59 Å². The third-order valence-corrected chi connectivity index (χ3v) is 5.58. The topological polar surface area (TPSA) is 69.7 Å². The highest BCUT2D eigenvalue weighted by molar-refractivity contribution is 5.98. The molecule has 1 saturated heterocycles. The number of hydrogen-bond donors (Lipinski definition) is 1. The van der Waals surface area contributed by atoms with Crippen molar-refractivity contribution in [2.24, 2.45) is 0 Å². The van der Waals surface area contributed by atoms with Gasteiger partial charge in [0.2, 0.25) is 5.91 Å². The Bertz CT molecular complexity index is 946. The molecule has 1 N–H and O–H groups in total. The van der Waals surface area contributed by atoms with Gasteiger partial charge in [-0.2, -0.15) is 0 Å². The number of urea groups is 1. The van der Waals surface area contributed by atoms with Crippen molar-refractivity contribution in [1.82, 2.24) is 9.80 Å². The average molecular weight is 408 g/mol. The summed E-state index contributed by atoms with van der Waals surface area (Å²) in [6, 6.07) is 13.1. The van der Waals surface area contributed by atoms with Crippen LogP contribution in [-0.4, -0.2) is 53.7 Å². The molecule has 0 aromatic heterocycles. The molecule has 6 heteroatoms. The van der Waals surface area contributed by atoms with E-state index in [0.717, 1.165) is 22.4 Å². The van der Waals surface area contributed by atoms with Gasteiger partial charge in [0.1, 0.15) is 0 Å². The summed E-state index contributed by atoms with van der Waals surface area (Å²) in [6.07, 6.45) is 0.399. The van der Waals surface area contributed by atoms with Gasteiger partial charge >= 0.3 is 6.03 Å². The van der Waals surface area contributed by atoms with Gasteiger partial charge in [-0.05, 0) is 55.7 Å². The number of carbonyl (C=O) groups is 3. The molecular weight excluding hydrogens is 378 g/mol. The number of nitrogens with zero attached hydrogens (tertiary/aromatic N) is 2. The Morgan fingerprint density at radius 2 is 1.53 bits per heavy atom. The van der Waals surface area contributed by atoms with Crippen LogP contribution in [0.2, 0.25) is 0 Å². The molecule has 2 aromatic rings. The molecule has 1 fully saturated rings. The van der Waals surface area contributed by atoms with Crippen molar-refractivity contribution < 1.29 is 14.4 Å². The predicted octanol–water partition coefficient (Wildman–Crippen LogP) is 3.95. The summed E-state index contributed by atoms with van der Waals surface area (Å²) in [5, 5.41) is 2.90. The van der Waals surface area contributed by atoms with Crippen LogP contribution in [0.25, 0.3) is 0 Å². The van der Waals surface area contributed by atoms with Gasteiger partial charge in [-0.15, -0.1) is 0 Å². The number of piperazine rings is 1. The smallest absolute Gasteiger partial charge is 0.321 e. The fourth-order valence-electron chi connectivity index (χ4n) is 3.52. The maximum atomic E-state index is 12.5. The van der Waals surface area contributed by atoms with E-state index in [4.69, 9.17) is 0 Å². The molecule has 0 atom stereocenters. The number of Topliss-reactive ketones (excluding diaryl/α,β-unsaturated/α-hetero) is 1. The molecule has 3 amide bonds. The van der Waals surface area contributed by atoms with Gasteiger partial charge < -0.3 is 15.1 Å². The van der Waals surface area contributed by atoms with Gasteiger partial charge in [0.15, 0.2) is 5.78 Å². The first-order valence-electron chi connectivity index (χ1n) is 10.3. The van der Waals surface area contributed by atoms with E-state index in [1.807, 2.05) is 63.2 Å². The molecule has 0 unspecified atom stereocenters. The second kappa shape index (κ2) is 9.57. The number of hydrogen-bond acceptors (Lipinski definition) is 3. The number of carbonyl (C=O) groups excluding carboxylic acids is 3. The highest BCUT2D eigenvalue weighted by Crippen LogP contribution is 2.15. The minimum absolute atomic E-state index is 0.0115. The van der Waals surface area contributed by atoms with Crippen molar-refractivity contribution in [3.8, 4) is 0 Å². The summed E-state index contributed by atoms with van der Waals surface area (Å²) >= 11 is 0. The van der Waals surface area contributed by atoms with Crippen LogP contribution in [0.1, 0.15) is 39.9 Å². The molecule has 0 spiro atoms. The first-order chi connectivity index (χ1) is 14.3. The van der Waals surface area contributed by atoms with Crippen molar-refractivity contribution in [2.45, 2.75) is 33.6 Å². The van der Waals surface area contributed by atoms with E-state index < -0.39 is 0 Å². The molecule has 0 bridgehead atoms. The van der Waals surface area contributed by atoms with Gasteiger partial charge in [0, 0.05) is 50.3 Å². The van der Waals surface area contributed by atoms with E-state index in [0.29, 0.717) is 31.7 Å². The van der Waals surface area contributed by atoms with Crippen LogP contribution in [0, 0.1) is 20.8 Å². The quantitative estimate of drug-likeness (QED) is 0.763. The highest BCUT2D eigenvalue weighted by Gasteiger charge is 2.24. The van der Waals surface area contributed by atoms with Crippen molar-refractivity contribution in [2.75, 3.05) is 31.5 Å². The zero-order valence-electron chi connectivity index (χ0n) is 17.9. The monoisotopic (exact) mass is 407 g/mol. The van der Waals surface area contributed by atoms with Crippen molar-refractivity contribution in [1.29, 1.82) is 0 Å². The molecule has 6 nitrogen and oxygen atoms in total. The molecule has 2 aromatic carbocycles. The van der Waals surface area contributed by atoms with E-state index in [2.05, 4.69) is 5.32 Å². The summed E-state index contributed by atoms with van der Waals surface area (Å²) in [6.45, 7) is 7.89. The zero-order valence-corrected chi connectivity index (χ0v) is 17.9. The fraction of sp³-hybridized carbons (Fsp3) is 0.375. The normalized spacial score (nSPS) is 13.8. The molecule has 158 valence electrons. The number of ketones is 1. The predicted molar refractivity (Wildman–Crippen MR) is 118 cm³/mol. The third-order valence-electron chi connectivity index (χ3n) is 5.58. The van der Waals surface area contributed by atoms with E-state index >= 15 is 0 Å². The Kier molecular flexibility index (Phi) is 6.87. The van der Waals surface area contributed by atoms with Crippen LogP contribution in [0.4, 0.5) is 10.5 Å². The van der Waals surface area contributed by atoms with Gasteiger partial charge in [0.25, 0.3) is 0 Å². The summed E-state index contributed by atoms with van der Waals surface area (Å²) in [5.74, 6) is -0.0476. The fourth-order valence-corrected chi connectivity index (χ4v) is 3.52. The maximum Gasteiger partial charge on any atom is 0.321 e. The van der Waals surface area contributed by atoms with Crippen LogP contribution in [0.3, 0.4) is 0 Å². The SMILES string of the molecule is Cc1cccc(NC(=O)N2CCN(C(=O)CCC(=O)c3ccc(C)c(C)c3)CC2)c1. The van der Waals surface area contributed by atoms with Crippen LogP contribution >= 0.6 is 0 Å².